The maximum absolute atomic E-state index is 12.9. The molecule has 0 amide bonds. The molecular weight excluding hydrogens is 324 g/mol. The minimum atomic E-state index is -0.0894. The molecule has 0 radical (unpaired) electrons. The van der Waals surface area contributed by atoms with E-state index in [4.69, 9.17) is 4.74 Å². The van der Waals surface area contributed by atoms with Gasteiger partial charge in [0.1, 0.15) is 5.75 Å². The number of fused-ring (bicyclic) bond motifs is 7. The van der Waals surface area contributed by atoms with Crippen molar-refractivity contribution >= 4 is 5.78 Å². The number of allylic oxidation sites excluding steroid dienone is 1. The number of aliphatic hydroxyl groups is 1. The highest BCUT2D eigenvalue weighted by Crippen LogP contribution is 2.66. The molecule has 2 fully saturated rings. The van der Waals surface area contributed by atoms with E-state index < -0.39 is 0 Å². The van der Waals surface area contributed by atoms with Gasteiger partial charge < -0.3 is 9.84 Å². The van der Waals surface area contributed by atoms with E-state index in [1.165, 1.54) is 24.0 Å². The Hall–Kier alpha value is -1.61. The highest BCUT2D eigenvalue weighted by atomic mass is 16.5. The van der Waals surface area contributed by atoms with Crippen LogP contribution in [0, 0.1) is 29.1 Å². The lowest BCUT2D eigenvalue weighted by atomic mass is 9.54. The van der Waals surface area contributed by atoms with Crippen molar-refractivity contribution < 1.29 is 14.6 Å². The van der Waals surface area contributed by atoms with Gasteiger partial charge in [0.05, 0.1) is 13.7 Å². The molecule has 26 heavy (non-hydrogen) atoms. The first-order valence-electron chi connectivity index (χ1n) is 10.1. The van der Waals surface area contributed by atoms with Crippen molar-refractivity contribution in [3.63, 3.8) is 0 Å². The van der Waals surface area contributed by atoms with E-state index in [1.807, 2.05) is 0 Å². The van der Waals surface area contributed by atoms with Crippen LogP contribution in [0.3, 0.4) is 0 Å². The van der Waals surface area contributed by atoms with Gasteiger partial charge in [0, 0.05) is 11.5 Å². The number of aryl methyl sites for hydroxylation is 1. The van der Waals surface area contributed by atoms with Gasteiger partial charge >= 0.3 is 0 Å². The molecule has 0 heterocycles. The van der Waals surface area contributed by atoms with Crippen LogP contribution in [0.15, 0.2) is 29.8 Å². The number of benzene rings is 1. The van der Waals surface area contributed by atoms with Gasteiger partial charge in [-0.3, -0.25) is 4.79 Å². The Kier molecular flexibility index (Phi) is 3.62. The summed E-state index contributed by atoms with van der Waals surface area (Å²) >= 11 is 0. The smallest absolute Gasteiger partial charge is 0.165 e. The Balaban J connectivity index is 1.49. The molecule has 0 aliphatic heterocycles. The van der Waals surface area contributed by atoms with Crippen LogP contribution in [0.2, 0.25) is 0 Å². The van der Waals surface area contributed by atoms with Gasteiger partial charge in [0.25, 0.3) is 0 Å². The van der Waals surface area contributed by atoms with Crippen LogP contribution in [-0.4, -0.2) is 24.6 Å². The van der Waals surface area contributed by atoms with Gasteiger partial charge in [0.15, 0.2) is 5.78 Å². The van der Waals surface area contributed by atoms with Crippen LogP contribution < -0.4 is 4.74 Å². The third-order valence-corrected chi connectivity index (χ3v) is 8.22. The largest absolute Gasteiger partial charge is 0.497 e. The maximum atomic E-state index is 12.9. The first-order valence-corrected chi connectivity index (χ1v) is 10.1. The summed E-state index contributed by atoms with van der Waals surface area (Å²) in [7, 11) is 1.74. The van der Waals surface area contributed by atoms with Crippen molar-refractivity contribution in [3.8, 4) is 5.75 Å². The van der Waals surface area contributed by atoms with Crippen molar-refractivity contribution in [1.82, 2.24) is 0 Å². The third kappa shape index (κ3) is 2.07. The van der Waals surface area contributed by atoms with E-state index in [-0.39, 0.29) is 23.7 Å². The van der Waals surface area contributed by atoms with E-state index in [0.29, 0.717) is 29.2 Å². The Morgan fingerprint density at radius 2 is 2.15 bits per heavy atom. The zero-order chi connectivity index (χ0) is 18.1. The second kappa shape index (κ2) is 5.69. The summed E-state index contributed by atoms with van der Waals surface area (Å²) in [5, 5.41) is 9.51. The molecule has 0 saturated heterocycles. The fourth-order valence-electron chi connectivity index (χ4n) is 7.11. The molecule has 6 atom stereocenters. The SMILES string of the molecule is COc1ccc2c(c1)CC[C@@H]1[C@@H]2CC[C@]2(C)[C@@H]3C(=O)C(CO)=C[C@@H]3C[C@@H]12. The lowest BCUT2D eigenvalue weighted by Gasteiger charge is -2.50. The molecule has 4 aliphatic carbocycles. The minimum absolute atomic E-state index is 0.0894. The lowest BCUT2D eigenvalue weighted by Crippen LogP contribution is -2.44. The number of hydrogen-bond acceptors (Lipinski definition) is 3. The second-order valence-corrected chi connectivity index (χ2v) is 9.12. The van der Waals surface area contributed by atoms with Crippen LogP contribution in [-0.2, 0) is 11.2 Å². The molecule has 2 saturated carbocycles. The standard InChI is InChI=1S/C23H28O3/c1-23-8-7-18-17-6-4-16(26-2)10-13(17)3-5-19(18)20(23)11-14-9-15(12-24)22(25)21(14)23/h4,6,9-10,14,18-21,24H,3,5,7-8,11-12H2,1-2H3/t14-,18-,19-,20+,21+,23+/m1/s1. The fraction of sp³-hybridized carbons (Fsp3) is 0.609. The maximum Gasteiger partial charge on any atom is 0.165 e. The van der Waals surface area contributed by atoms with Gasteiger partial charge in [-0.2, -0.15) is 0 Å². The average Bonchev–Trinajstić information content (AvgIpc) is 3.14. The Morgan fingerprint density at radius 3 is 2.92 bits per heavy atom. The number of Topliss-reactive ketones (excluding diaryl/α,β-unsaturated/α-hetero) is 1. The van der Waals surface area contributed by atoms with Gasteiger partial charge in [-0.05, 0) is 84.5 Å². The predicted molar refractivity (Wildman–Crippen MR) is 100 cm³/mol. The molecule has 5 rings (SSSR count). The van der Waals surface area contributed by atoms with Crippen molar-refractivity contribution in [3.05, 3.63) is 41.0 Å². The Labute approximate surface area is 155 Å². The van der Waals surface area contributed by atoms with Crippen molar-refractivity contribution in [2.24, 2.45) is 29.1 Å². The number of ether oxygens (including phenoxy) is 1. The zero-order valence-electron chi connectivity index (χ0n) is 15.7. The fourth-order valence-corrected chi connectivity index (χ4v) is 7.11. The Morgan fingerprint density at radius 1 is 1.31 bits per heavy atom. The van der Waals surface area contributed by atoms with Crippen LogP contribution in [0.25, 0.3) is 0 Å². The van der Waals surface area contributed by atoms with Crippen molar-refractivity contribution in [1.29, 1.82) is 0 Å². The van der Waals surface area contributed by atoms with E-state index >= 15 is 0 Å². The first-order chi connectivity index (χ1) is 12.6. The summed E-state index contributed by atoms with van der Waals surface area (Å²) in [6, 6.07) is 6.62. The molecule has 0 bridgehead atoms. The molecule has 0 aromatic heterocycles. The van der Waals surface area contributed by atoms with Crippen LogP contribution >= 0.6 is 0 Å². The summed E-state index contributed by atoms with van der Waals surface area (Å²) < 4.78 is 5.42. The summed E-state index contributed by atoms with van der Waals surface area (Å²) in [5.41, 5.74) is 3.77. The molecule has 0 unspecified atom stereocenters. The van der Waals surface area contributed by atoms with E-state index in [1.54, 1.807) is 7.11 Å². The number of hydrogen-bond donors (Lipinski definition) is 1. The number of aliphatic hydroxyl groups excluding tert-OH is 1. The molecule has 3 nitrogen and oxygen atoms in total. The summed E-state index contributed by atoms with van der Waals surface area (Å²) in [6.45, 7) is 2.28. The molecular formula is C23H28O3. The quantitative estimate of drug-likeness (QED) is 0.878. The highest BCUT2D eigenvalue weighted by Gasteiger charge is 2.61. The van der Waals surface area contributed by atoms with Crippen molar-refractivity contribution in [2.75, 3.05) is 13.7 Å². The molecule has 1 N–H and O–H groups in total. The number of carbonyl (C=O) groups is 1. The normalized spacial score (nSPS) is 40.3. The number of ketones is 1. The van der Waals surface area contributed by atoms with Crippen molar-refractivity contribution in [2.45, 2.75) is 44.9 Å². The number of rotatable bonds is 2. The monoisotopic (exact) mass is 352 g/mol. The van der Waals surface area contributed by atoms with Gasteiger partial charge in [-0.1, -0.05) is 19.1 Å². The van der Waals surface area contributed by atoms with Gasteiger partial charge in [-0.15, -0.1) is 0 Å². The lowest BCUT2D eigenvalue weighted by molar-refractivity contribution is -0.124. The van der Waals surface area contributed by atoms with E-state index in [9.17, 15) is 9.90 Å². The predicted octanol–water partition coefficient (Wildman–Crippen LogP) is 3.90. The second-order valence-electron chi connectivity index (χ2n) is 9.12. The topological polar surface area (TPSA) is 46.5 Å². The summed E-state index contributed by atoms with van der Waals surface area (Å²) in [4.78, 5) is 12.9. The molecule has 3 heteroatoms. The molecule has 1 aromatic rings. The zero-order valence-corrected chi connectivity index (χ0v) is 15.7. The van der Waals surface area contributed by atoms with Crippen LogP contribution in [0.1, 0.15) is 49.7 Å². The third-order valence-electron chi connectivity index (χ3n) is 8.22. The summed E-state index contributed by atoms with van der Waals surface area (Å²) in [5.74, 6) is 3.64. The summed E-state index contributed by atoms with van der Waals surface area (Å²) in [6.07, 6.45) is 7.90. The number of methoxy groups -OCH3 is 1. The number of carbonyl (C=O) groups excluding carboxylic acids is 1. The van der Waals surface area contributed by atoms with Gasteiger partial charge in [0.2, 0.25) is 0 Å². The Bertz CT molecular complexity index is 795. The molecule has 138 valence electrons. The molecule has 4 aliphatic rings. The molecule has 0 spiro atoms. The van der Waals surface area contributed by atoms with E-state index in [2.05, 4.69) is 31.2 Å². The minimum Gasteiger partial charge on any atom is -0.497 e. The van der Waals surface area contributed by atoms with Gasteiger partial charge in [-0.25, -0.2) is 0 Å². The van der Waals surface area contributed by atoms with Crippen LogP contribution in [0.4, 0.5) is 0 Å². The average molecular weight is 352 g/mol. The highest BCUT2D eigenvalue weighted by molar-refractivity contribution is 6.01. The molecule has 1 aromatic carbocycles. The van der Waals surface area contributed by atoms with E-state index in [0.717, 1.165) is 25.0 Å². The van der Waals surface area contributed by atoms with Crippen LogP contribution in [0.5, 0.6) is 5.75 Å². The first kappa shape index (κ1) is 16.6.